The van der Waals surface area contributed by atoms with E-state index < -0.39 is 10.8 Å². The van der Waals surface area contributed by atoms with E-state index in [1.165, 1.54) is 12.1 Å². The normalized spacial score (nSPS) is 9.86. The van der Waals surface area contributed by atoms with E-state index in [1.807, 2.05) is 0 Å². The van der Waals surface area contributed by atoms with Crippen LogP contribution in [0.5, 0.6) is 0 Å². The van der Waals surface area contributed by atoms with E-state index >= 15 is 0 Å². The SMILES string of the molecule is Cc1ccc(C(N)=O)c(Br)c1[N+](=O)[O-]. The molecule has 0 aliphatic rings. The second-order valence-corrected chi connectivity index (χ2v) is 3.51. The molecule has 0 aliphatic heterocycles. The van der Waals surface area contributed by atoms with Crippen LogP contribution in [-0.4, -0.2) is 10.8 Å². The maximum atomic E-state index is 10.9. The van der Waals surface area contributed by atoms with Gasteiger partial charge in [-0.3, -0.25) is 14.9 Å². The topological polar surface area (TPSA) is 86.2 Å². The van der Waals surface area contributed by atoms with Crippen LogP contribution in [0.25, 0.3) is 0 Å². The number of aryl methyl sites for hydroxylation is 1. The van der Waals surface area contributed by atoms with Crippen molar-refractivity contribution in [2.24, 2.45) is 5.73 Å². The van der Waals surface area contributed by atoms with E-state index in [-0.39, 0.29) is 15.7 Å². The first-order valence-corrected chi connectivity index (χ1v) is 4.47. The van der Waals surface area contributed by atoms with Crippen LogP contribution in [-0.2, 0) is 0 Å². The van der Waals surface area contributed by atoms with Gasteiger partial charge in [0.05, 0.1) is 10.5 Å². The fraction of sp³-hybridized carbons (Fsp3) is 0.125. The summed E-state index contributed by atoms with van der Waals surface area (Å²) in [6.07, 6.45) is 0. The van der Waals surface area contributed by atoms with E-state index in [1.54, 1.807) is 6.92 Å². The second kappa shape index (κ2) is 3.75. The summed E-state index contributed by atoms with van der Waals surface area (Å²) in [5.41, 5.74) is 5.51. The van der Waals surface area contributed by atoms with Gasteiger partial charge in [-0.1, -0.05) is 6.07 Å². The third-order valence-electron chi connectivity index (χ3n) is 1.77. The molecule has 0 aromatic heterocycles. The average molecular weight is 259 g/mol. The first kappa shape index (κ1) is 10.6. The standard InChI is InChI=1S/C8H7BrN2O3/c1-4-2-3-5(8(10)12)6(9)7(4)11(13)14/h2-3H,1H3,(H2,10,12). The summed E-state index contributed by atoms with van der Waals surface area (Å²) >= 11 is 2.99. The molecule has 0 aliphatic carbocycles. The Morgan fingerprint density at radius 2 is 2.14 bits per heavy atom. The molecule has 0 saturated heterocycles. The van der Waals surface area contributed by atoms with Gasteiger partial charge in [0.15, 0.2) is 0 Å². The average Bonchev–Trinajstić information content (AvgIpc) is 2.02. The number of carbonyl (C=O) groups is 1. The van der Waals surface area contributed by atoms with Crippen LogP contribution in [0, 0.1) is 17.0 Å². The van der Waals surface area contributed by atoms with Crippen molar-refractivity contribution in [3.8, 4) is 0 Å². The highest BCUT2D eigenvalue weighted by Crippen LogP contribution is 2.31. The minimum Gasteiger partial charge on any atom is -0.366 e. The Bertz CT molecular complexity index is 417. The van der Waals surface area contributed by atoms with Crippen molar-refractivity contribution < 1.29 is 9.72 Å². The lowest BCUT2D eigenvalue weighted by Crippen LogP contribution is -2.12. The van der Waals surface area contributed by atoms with E-state index in [0.717, 1.165) is 0 Å². The molecule has 0 unspecified atom stereocenters. The highest BCUT2D eigenvalue weighted by atomic mass is 79.9. The van der Waals surface area contributed by atoms with Gasteiger partial charge in [-0.25, -0.2) is 0 Å². The van der Waals surface area contributed by atoms with Gasteiger partial charge < -0.3 is 5.73 Å². The number of nitro benzene ring substituents is 1. The number of nitro groups is 1. The van der Waals surface area contributed by atoms with Crippen LogP contribution >= 0.6 is 15.9 Å². The fourth-order valence-corrected chi connectivity index (χ4v) is 1.86. The van der Waals surface area contributed by atoms with Crippen LogP contribution < -0.4 is 5.73 Å². The number of benzene rings is 1. The lowest BCUT2D eigenvalue weighted by molar-refractivity contribution is -0.386. The number of hydrogen-bond acceptors (Lipinski definition) is 3. The fourth-order valence-electron chi connectivity index (χ4n) is 1.08. The summed E-state index contributed by atoms with van der Waals surface area (Å²) in [7, 11) is 0. The van der Waals surface area contributed by atoms with Gasteiger partial charge in [-0.15, -0.1) is 0 Å². The Kier molecular flexibility index (Phi) is 2.85. The number of halogens is 1. The molecule has 0 fully saturated rings. The van der Waals surface area contributed by atoms with Crippen molar-refractivity contribution in [1.29, 1.82) is 0 Å². The number of nitrogens with two attached hydrogens (primary N) is 1. The van der Waals surface area contributed by atoms with E-state index in [9.17, 15) is 14.9 Å². The molecular weight excluding hydrogens is 252 g/mol. The molecule has 0 radical (unpaired) electrons. The number of rotatable bonds is 2. The van der Waals surface area contributed by atoms with Crippen molar-refractivity contribution in [1.82, 2.24) is 0 Å². The lowest BCUT2D eigenvalue weighted by atomic mass is 10.1. The van der Waals surface area contributed by atoms with Crippen molar-refractivity contribution in [2.45, 2.75) is 6.92 Å². The summed E-state index contributed by atoms with van der Waals surface area (Å²) < 4.78 is 0.134. The molecule has 14 heavy (non-hydrogen) atoms. The van der Waals surface area contributed by atoms with Gasteiger partial charge in [0.2, 0.25) is 5.91 Å². The van der Waals surface area contributed by atoms with E-state index in [0.29, 0.717) is 5.56 Å². The Balaban J connectivity index is 3.49. The number of nitrogens with zero attached hydrogens (tertiary/aromatic N) is 1. The van der Waals surface area contributed by atoms with Gasteiger partial charge in [0.1, 0.15) is 4.47 Å². The Labute approximate surface area is 88.2 Å². The quantitative estimate of drug-likeness (QED) is 0.648. The molecule has 5 nitrogen and oxygen atoms in total. The molecule has 0 atom stereocenters. The second-order valence-electron chi connectivity index (χ2n) is 2.71. The monoisotopic (exact) mass is 258 g/mol. The molecule has 0 spiro atoms. The molecule has 1 amide bonds. The van der Waals surface area contributed by atoms with Crippen molar-refractivity contribution >= 4 is 27.5 Å². The van der Waals surface area contributed by atoms with Crippen LogP contribution in [0.4, 0.5) is 5.69 Å². The highest BCUT2D eigenvalue weighted by Gasteiger charge is 2.20. The molecule has 74 valence electrons. The molecule has 6 heteroatoms. The number of hydrogen-bond donors (Lipinski definition) is 1. The van der Waals surface area contributed by atoms with Gasteiger partial charge in [0.25, 0.3) is 5.69 Å². The predicted molar refractivity (Wildman–Crippen MR) is 54.1 cm³/mol. The molecule has 1 aromatic rings. The molecular formula is C8H7BrN2O3. The lowest BCUT2D eigenvalue weighted by Gasteiger charge is -2.03. The van der Waals surface area contributed by atoms with Crippen LogP contribution in [0.15, 0.2) is 16.6 Å². The Morgan fingerprint density at radius 3 is 2.57 bits per heavy atom. The summed E-state index contributed by atoms with van der Waals surface area (Å²) in [5, 5.41) is 10.6. The Morgan fingerprint density at radius 1 is 1.57 bits per heavy atom. The third-order valence-corrected chi connectivity index (χ3v) is 2.57. The molecule has 0 saturated carbocycles. The maximum Gasteiger partial charge on any atom is 0.287 e. The number of primary amides is 1. The zero-order valence-corrected chi connectivity index (χ0v) is 8.87. The highest BCUT2D eigenvalue weighted by molar-refractivity contribution is 9.10. The smallest absolute Gasteiger partial charge is 0.287 e. The van der Waals surface area contributed by atoms with Crippen LogP contribution in [0.2, 0.25) is 0 Å². The van der Waals surface area contributed by atoms with E-state index in [2.05, 4.69) is 15.9 Å². The zero-order chi connectivity index (χ0) is 10.9. The Hall–Kier alpha value is -1.43. The minimum absolute atomic E-state index is 0.113. The minimum atomic E-state index is -0.694. The summed E-state index contributed by atoms with van der Waals surface area (Å²) in [5.74, 6) is -0.694. The predicted octanol–water partition coefficient (Wildman–Crippen LogP) is 1.76. The zero-order valence-electron chi connectivity index (χ0n) is 7.28. The van der Waals surface area contributed by atoms with Crippen LogP contribution in [0.3, 0.4) is 0 Å². The maximum absolute atomic E-state index is 10.9. The molecule has 1 aromatic carbocycles. The van der Waals surface area contributed by atoms with E-state index in [4.69, 9.17) is 5.73 Å². The van der Waals surface area contributed by atoms with Crippen molar-refractivity contribution in [3.63, 3.8) is 0 Å². The van der Waals surface area contributed by atoms with Crippen molar-refractivity contribution in [2.75, 3.05) is 0 Å². The summed E-state index contributed by atoms with van der Waals surface area (Å²) in [4.78, 5) is 21.0. The number of amides is 1. The first-order chi connectivity index (χ1) is 6.45. The third kappa shape index (κ3) is 1.74. The van der Waals surface area contributed by atoms with Gasteiger partial charge in [-0.2, -0.15) is 0 Å². The van der Waals surface area contributed by atoms with Crippen molar-refractivity contribution in [3.05, 3.63) is 37.8 Å². The number of carbonyl (C=O) groups excluding carboxylic acids is 1. The van der Waals surface area contributed by atoms with Gasteiger partial charge >= 0.3 is 0 Å². The summed E-state index contributed by atoms with van der Waals surface area (Å²) in [6.45, 7) is 1.59. The first-order valence-electron chi connectivity index (χ1n) is 3.68. The molecule has 0 heterocycles. The van der Waals surface area contributed by atoms with Gasteiger partial charge in [-0.05, 0) is 28.9 Å². The largest absolute Gasteiger partial charge is 0.366 e. The molecule has 2 N–H and O–H groups in total. The molecule has 0 bridgehead atoms. The molecule has 1 rings (SSSR count). The van der Waals surface area contributed by atoms with Gasteiger partial charge in [0, 0.05) is 5.56 Å². The summed E-state index contributed by atoms with van der Waals surface area (Å²) in [6, 6.07) is 2.94. The van der Waals surface area contributed by atoms with Crippen LogP contribution in [0.1, 0.15) is 15.9 Å².